The highest BCUT2D eigenvalue weighted by atomic mass is 32.1. The van der Waals surface area contributed by atoms with Crippen molar-refractivity contribution in [3.63, 3.8) is 0 Å². The number of nitrogens with zero attached hydrogens (tertiary/aromatic N) is 1. The number of ether oxygens (including phenoxy) is 1. The molecule has 0 atom stereocenters. The monoisotopic (exact) mass is 389 g/mol. The van der Waals surface area contributed by atoms with E-state index in [2.05, 4.69) is 35.8 Å². The Kier molecular flexibility index (Phi) is 6.76. The molecular formula is C23H23N3OS. The van der Waals surface area contributed by atoms with E-state index < -0.39 is 0 Å². The Morgan fingerprint density at radius 1 is 1.00 bits per heavy atom. The maximum atomic E-state index is 5.84. The van der Waals surface area contributed by atoms with E-state index in [1.807, 2.05) is 66.7 Å². The fourth-order valence-corrected chi connectivity index (χ4v) is 2.79. The topological polar surface area (TPSA) is 45.7 Å². The summed E-state index contributed by atoms with van der Waals surface area (Å²) in [4.78, 5) is 0. The van der Waals surface area contributed by atoms with Gasteiger partial charge in [0.2, 0.25) is 0 Å². The van der Waals surface area contributed by atoms with Crippen LogP contribution in [0.4, 0.5) is 5.69 Å². The second kappa shape index (κ2) is 9.67. The lowest BCUT2D eigenvalue weighted by molar-refractivity contribution is 0.306. The van der Waals surface area contributed by atoms with Gasteiger partial charge in [0.25, 0.3) is 0 Å². The van der Waals surface area contributed by atoms with Crippen molar-refractivity contribution < 1.29 is 4.74 Å². The zero-order chi connectivity index (χ0) is 19.8. The highest BCUT2D eigenvalue weighted by Gasteiger charge is 2.02. The van der Waals surface area contributed by atoms with Crippen LogP contribution in [-0.2, 0) is 6.61 Å². The van der Waals surface area contributed by atoms with Gasteiger partial charge in [0.05, 0.1) is 6.21 Å². The average molecular weight is 390 g/mol. The van der Waals surface area contributed by atoms with E-state index in [9.17, 15) is 0 Å². The van der Waals surface area contributed by atoms with E-state index in [0.717, 1.165) is 22.6 Å². The Bertz CT molecular complexity index is 971. The Morgan fingerprint density at radius 3 is 2.61 bits per heavy atom. The summed E-state index contributed by atoms with van der Waals surface area (Å²) in [6.45, 7) is 4.66. The SMILES string of the molecule is Cc1cccc(NC(=S)N/N=C\c2cccc(OCc3ccccc3)c2)c1C. The average Bonchev–Trinajstić information content (AvgIpc) is 2.71. The predicted molar refractivity (Wildman–Crippen MR) is 120 cm³/mol. The second-order valence-electron chi connectivity index (χ2n) is 6.42. The van der Waals surface area contributed by atoms with Gasteiger partial charge >= 0.3 is 0 Å². The number of hydrazone groups is 1. The first-order valence-electron chi connectivity index (χ1n) is 9.05. The fourth-order valence-electron chi connectivity index (χ4n) is 2.63. The summed E-state index contributed by atoms with van der Waals surface area (Å²) in [7, 11) is 0. The minimum atomic E-state index is 0.446. The summed E-state index contributed by atoms with van der Waals surface area (Å²) >= 11 is 5.32. The number of hydrogen-bond acceptors (Lipinski definition) is 3. The van der Waals surface area contributed by atoms with Gasteiger partial charge in [0, 0.05) is 5.69 Å². The molecule has 0 radical (unpaired) electrons. The molecule has 0 saturated heterocycles. The maximum Gasteiger partial charge on any atom is 0.191 e. The summed E-state index contributed by atoms with van der Waals surface area (Å²) in [5, 5.41) is 7.83. The van der Waals surface area contributed by atoms with Crippen molar-refractivity contribution in [1.29, 1.82) is 0 Å². The molecule has 0 aliphatic rings. The normalized spacial score (nSPS) is 10.6. The Morgan fingerprint density at radius 2 is 1.79 bits per heavy atom. The molecule has 0 bridgehead atoms. The number of nitrogens with one attached hydrogen (secondary N) is 2. The number of aryl methyl sites for hydroxylation is 1. The molecule has 0 unspecified atom stereocenters. The summed E-state index contributed by atoms with van der Waals surface area (Å²) in [5.41, 5.74) is 8.26. The first kappa shape index (κ1) is 19.6. The maximum absolute atomic E-state index is 5.84. The standard InChI is InChI=1S/C23H23N3OS/c1-17-8-6-13-22(18(17)2)25-23(28)26-24-15-20-11-7-12-21(14-20)27-16-19-9-4-3-5-10-19/h3-15H,16H2,1-2H3,(H2,25,26,28)/b24-15-. The van der Waals surface area contributed by atoms with Crippen molar-refractivity contribution >= 4 is 29.2 Å². The summed E-state index contributed by atoms with van der Waals surface area (Å²) < 4.78 is 5.84. The Labute approximate surface area is 171 Å². The van der Waals surface area contributed by atoms with E-state index in [1.54, 1.807) is 6.21 Å². The molecule has 0 aliphatic carbocycles. The summed E-state index contributed by atoms with van der Waals surface area (Å²) in [5.74, 6) is 0.795. The summed E-state index contributed by atoms with van der Waals surface area (Å²) in [6, 6.07) is 23.9. The minimum absolute atomic E-state index is 0.446. The Balaban J connectivity index is 1.54. The van der Waals surface area contributed by atoms with Crippen LogP contribution in [0.3, 0.4) is 0 Å². The Hall–Kier alpha value is -3.18. The van der Waals surface area contributed by atoms with Crippen LogP contribution in [-0.4, -0.2) is 11.3 Å². The van der Waals surface area contributed by atoms with Crippen LogP contribution in [0.5, 0.6) is 5.75 Å². The molecule has 0 aliphatic heterocycles. The number of thiocarbonyl (C=S) groups is 1. The van der Waals surface area contributed by atoms with Crippen molar-refractivity contribution in [2.24, 2.45) is 5.10 Å². The molecule has 3 aromatic carbocycles. The van der Waals surface area contributed by atoms with E-state index in [4.69, 9.17) is 17.0 Å². The molecule has 142 valence electrons. The van der Waals surface area contributed by atoms with Gasteiger partial charge in [-0.05, 0) is 66.5 Å². The lowest BCUT2D eigenvalue weighted by atomic mass is 10.1. The van der Waals surface area contributed by atoms with Crippen LogP contribution in [0.15, 0.2) is 77.9 Å². The van der Waals surface area contributed by atoms with E-state index in [-0.39, 0.29) is 0 Å². The molecule has 28 heavy (non-hydrogen) atoms. The molecule has 2 N–H and O–H groups in total. The van der Waals surface area contributed by atoms with E-state index in [1.165, 1.54) is 11.1 Å². The van der Waals surface area contributed by atoms with Gasteiger partial charge in [-0.2, -0.15) is 5.10 Å². The molecule has 0 saturated carbocycles. The predicted octanol–water partition coefficient (Wildman–Crippen LogP) is 5.20. The molecule has 0 fully saturated rings. The van der Waals surface area contributed by atoms with Crippen LogP contribution < -0.4 is 15.5 Å². The number of anilines is 1. The molecule has 3 aromatic rings. The van der Waals surface area contributed by atoms with Gasteiger partial charge in [-0.15, -0.1) is 0 Å². The number of benzene rings is 3. The smallest absolute Gasteiger partial charge is 0.191 e. The van der Waals surface area contributed by atoms with E-state index >= 15 is 0 Å². The highest BCUT2D eigenvalue weighted by molar-refractivity contribution is 7.80. The molecule has 5 heteroatoms. The van der Waals surface area contributed by atoms with Crippen LogP contribution in [0.25, 0.3) is 0 Å². The zero-order valence-corrected chi connectivity index (χ0v) is 16.8. The molecule has 0 amide bonds. The van der Waals surface area contributed by atoms with Gasteiger partial charge in [-0.1, -0.05) is 54.6 Å². The first-order chi connectivity index (χ1) is 13.6. The highest BCUT2D eigenvalue weighted by Crippen LogP contribution is 2.18. The third-order valence-corrected chi connectivity index (χ3v) is 4.53. The lowest BCUT2D eigenvalue weighted by Crippen LogP contribution is -2.24. The van der Waals surface area contributed by atoms with Gasteiger partial charge in [0.1, 0.15) is 12.4 Å². The third kappa shape index (κ3) is 5.66. The third-order valence-electron chi connectivity index (χ3n) is 4.34. The van der Waals surface area contributed by atoms with E-state index in [0.29, 0.717) is 11.7 Å². The van der Waals surface area contributed by atoms with Crippen molar-refractivity contribution in [2.45, 2.75) is 20.5 Å². The first-order valence-corrected chi connectivity index (χ1v) is 9.46. The van der Waals surface area contributed by atoms with Crippen molar-refractivity contribution in [2.75, 3.05) is 5.32 Å². The van der Waals surface area contributed by atoms with Gasteiger partial charge < -0.3 is 10.1 Å². The van der Waals surface area contributed by atoms with Crippen molar-refractivity contribution in [1.82, 2.24) is 5.43 Å². The van der Waals surface area contributed by atoms with Crippen LogP contribution in [0.1, 0.15) is 22.3 Å². The van der Waals surface area contributed by atoms with Gasteiger partial charge in [-0.3, -0.25) is 5.43 Å². The van der Waals surface area contributed by atoms with Crippen LogP contribution >= 0.6 is 12.2 Å². The molecular weight excluding hydrogens is 366 g/mol. The van der Waals surface area contributed by atoms with Gasteiger partial charge in [0.15, 0.2) is 5.11 Å². The zero-order valence-electron chi connectivity index (χ0n) is 16.0. The van der Waals surface area contributed by atoms with Gasteiger partial charge in [-0.25, -0.2) is 0 Å². The second-order valence-corrected chi connectivity index (χ2v) is 6.83. The van der Waals surface area contributed by atoms with Crippen molar-refractivity contribution in [3.8, 4) is 5.75 Å². The fraction of sp³-hybridized carbons (Fsp3) is 0.130. The number of hydrogen-bond donors (Lipinski definition) is 2. The summed E-state index contributed by atoms with van der Waals surface area (Å²) in [6.07, 6.45) is 1.71. The van der Waals surface area contributed by atoms with Crippen molar-refractivity contribution in [3.05, 3.63) is 95.1 Å². The molecule has 3 rings (SSSR count). The molecule has 0 spiro atoms. The number of rotatable bonds is 6. The molecule has 0 heterocycles. The molecule has 0 aromatic heterocycles. The lowest BCUT2D eigenvalue weighted by Gasteiger charge is -2.11. The quantitative estimate of drug-likeness (QED) is 0.345. The molecule has 4 nitrogen and oxygen atoms in total. The van der Waals surface area contributed by atoms with Crippen LogP contribution in [0, 0.1) is 13.8 Å². The minimum Gasteiger partial charge on any atom is -0.489 e. The largest absolute Gasteiger partial charge is 0.489 e. The van der Waals surface area contributed by atoms with Crippen LogP contribution in [0.2, 0.25) is 0 Å².